The van der Waals surface area contributed by atoms with E-state index in [9.17, 15) is 16.8 Å². The van der Waals surface area contributed by atoms with Crippen LogP contribution in [0, 0.1) is 27.7 Å². The first-order chi connectivity index (χ1) is 14.3. The molecule has 0 spiro atoms. The second-order valence-corrected chi connectivity index (χ2v) is 12.4. The second-order valence-electron chi connectivity index (χ2n) is 7.14. The summed E-state index contributed by atoms with van der Waals surface area (Å²) in [7, 11) is -7.71. The van der Waals surface area contributed by atoms with Gasteiger partial charge in [-0.25, -0.2) is 13.1 Å². The van der Waals surface area contributed by atoms with Crippen LogP contribution in [0.2, 0.25) is 0 Å². The van der Waals surface area contributed by atoms with E-state index >= 15 is 0 Å². The second kappa shape index (κ2) is 8.78. The van der Waals surface area contributed by atoms with Crippen molar-refractivity contribution in [3.8, 4) is 0 Å². The lowest BCUT2D eigenvalue weighted by atomic mass is 10.2. The first-order valence-electron chi connectivity index (χ1n) is 9.17. The van der Waals surface area contributed by atoms with E-state index in [0.29, 0.717) is 17.0 Å². The first-order valence-corrected chi connectivity index (χ1v) is 13.7. The summed E-state index contributed by atoms with van der Waals surface area (Å²) >= 11 is 6.72. The van der Waals surface area contributed by atoms with E-state index in [4.69, 9.17) is 0 Å². The number of benzene rings is 2. The Labute approximate surface area is 199 Å². The van der Waals surface area contributed by atoms with Crippen molar-refractivity contribution in [2.24, 2.45) is 0 Å². The van der Waals surface area contributed by atoms with Gasteiger partial charge in [0.1, 0.15) is 0 Å². The van der Waals surface area contributed by atoms with Crippen molar-refractivity contribution in [1.29, 1.82) is 0 Å². The molecule has 0 bridgehead atoms. The van der Waals surface area contributed by atoms with Crippen molar-refractivity contribution in [2.45, 2.75) is 44.0 Å². The fraction of sp³-hybridized carbons (Fsp3) is 0.250. The predicted molar refractivity (Wildman–Crippen MR) is 126 cm³/mol. The molecule has 166 valence electrons. The van der Waals surface area contributed by atoms with Crippen LogP contribution in [-0.2, 0) is 26.6 Å². The van der Waals surface area contributed by atoms with Gasteiger partial charge in [-0.2, -0.15) is 17.6 Å². The zero-order chi connectivity index (χ0) is 23.1. The van der Waals surface area contributed by atoms with E-state index in [0.717, 1.165) is 24.2 Å². The minimum atomic E-state index is -3.92. The van der Waals surface area contributed by atoms with Gasteiger partial charge in [-0.05, 0) is 75.2 Å². The molecule has 1 aromatic heterocycles. The minimum absolute atomic E-state index is 0.0794. The number of aromatic nitrogens is 2. The molecule has 7 nitrogen and oxygen atoms in total. The molecule has 0 atom stereocenters. The van der Waals surface area contributed by atoms with E-state index < -0.39 is 20.0 Å². The number of sulfonamides is 1. The molecule has 3 aromatic rings. The Kier molecular flexibility index (Phi) is 6.83. The zero-order valence-corrected chi connectivity index (χ0v) is 22.1. The number of halogens is 2. The van der Waals surface area contributed by atoms with Gasteiger partial charge in [0, 0.05) is 21.1 Å². The number of nitrogens with one attached hydrogen (secondary N) is 1. The number of hydrogen-bond acceptors (Lipinski definition) is 5. The number of nitrogens with zero attached hydrogens (tertiary/aromatic N) is 2. The molecule has 0 saturated carbocycles. The summed E-state index contributed by atoms with van der Waals surface area (Å²) in [4.78, 5) is 0.241. The van der Waals surface area contributed by atoms with E-state index in [-0.39, 0.29) is 16.3 Å². The van der Waals surface area contributed by atoms with Crippen LogP contribution in [0.15, 0.2) is 55.1 Å². The molecule has 0 radical (unpaired) electrons. The smallest absolute Gasteiger partial charge is 0.207 e. The fourth-order valence-electron chi connectivity index (χ4n) is 3.05. The predicted octanol–water partition coefficient (Wildman–Crippen LogP) is 4.36. The van der Waals surface area contributed by atoms with Crippen LogP contribution >= 0.6 is 31.9 Å². The van der Waals surface area contributed by atoms with E-state index in [2.05, 4.69) is 41.7 Å². The summed E-state index contributed by atoms with van der Waals surface area (Å²) in [5, 5.41) is 4.19. The molecule has 0 fully saturated rings. The molecule has 31 heavy (non-hydrogen) atoms. The molecular weight excluding hydrogens is 570 g/mol. The van der Waals surface area contributed by atoms with Gasteiger partial charge >= 0.3 is 0 Å². The van der Waals surface area contributed by atoms with Crippen molar-refractivity contribution in [2.75, 3.05) is 0 Å². The molecule has 1 N–H and O–H groups in total. The molecule has 3 rings (SSSR count). The van der Waals surface area contributed by atoms with Gasteiger partial charge in [-0.1, -0.05) is 31.9 Å². The lowest BCUT2D eigenvalue weighted by Crippen LogP contribution is -2.24. The molecule has 0 unspecified atom stereocenters. The highest BCUT2D eigenvalue weighted by Gasteiger charge is 2.25. The number of rotatable bonds is 6. The van der Waals surface area contributed by atoms with Gasteiger partial charge in [-0.15, -0.1) is 0 Å². The van der Waals surface area contributed by atoms with E-state index in [1.807, 2.05) is 0 Å². The fourth-order valence-corrected chi connectivity index (χ4v) is 6.09. The van der Waals surface area contributed by atoms with Crippen LogP contribution in [0.4, 0.5) is 0 Å². The van der Waals surface area contributed by atoms with Crippen molar-refractivity contribution in [3.05, 3.63) is 73.4 Å². The van der Waals surface area contributed by atoms with Crippen LogP contribution in [0.3, 0.4) is 0 Å². The highest BCUT2D eigenvalue weighted by molar-refractivity contribution is 9.10. The average molecular weight is 591 g/mol. The zero-order valence-electron chi connectivity index (χ0n) is 17.3. The number of aryl methyl sites for hydroxylation is 3. The molecule has 0 aliphatic heterocycles. The van der Waals surface area contributed by atoms with Crippen LogP contribution in [0.25, 0.3) is 0 Å². The highest BCUT2D eigenvalue weighted by Crippen LogP contribution is 2.25. The van der Waals surface area contributed by atoms with Crippen molar-refractivity contribution < 1.29 is 16.8 Å². The molecular formula is C20H21Br2N3O4S2. The lowest BCUT2D eigenvalue weighted by molar-refractivity contribution is 0.577. The molecule has 0 saturated heterocycles. The van der Waals surface area contributed by atoms with Crippen molar-refractivity contribution >= 4 is 51.9 Å². The Hall–Kier alpha value is -1.53. The Bertz CT molecular complexity index is 1380. The minimum Gasteiger partial charge on any atom is -0.207 e. The maximum Gasteiger partial charge on any atom is 0.283 e. The average Bonchev–Trinajstić information content (AvgIpc) is 2.98. The Morgan fingerprint density at radius 3 is 1.94 bits per heavy atom. The van der Waals surface area contributed by atoms with E-state index in [1.165, 1.54) is 12.1 Å². The maximum absolute atomic E-state index is 13.1. The van der Waals surface area contributed by atoms with Gasteiger partial charge in [0.2, 0.25) is 10.0 Å². The Morgan fingerprint density at radius 2 is 1.39 bits per heavy atom. The topological polar surface area (TPSA) is 98.1 Å². The third-order valence-corrected chi connectivity index (χ3v) is 9.77. The quantitative estimate of drug-likeness (QED) is 0.460. The molecule has 0 aliphatic carbocycles. The highest BCUT2D eigenvalue weighted by atomic mass is 79.9. The molecule has 2 aromatic carbocycles. The first kappa shape index (κ1) is 24.1. The summed E-state index contributed by atoms with van der Waals surface area (Å²) in [5.74, 6) is 0. The molecule has 11 heteroatoms. The van der Waals surface area contributed by atoms with Crippen LogP contribution in [0.1, 0.15) is 28.1 Å². The van der Waals surface area contributed by atoms with Crippen LogP contribution in [-0.4, -0.2) is 26.0 Å². The lowest BCUT2D eigenvalue weighted by Gasteiger charge is -2.10. The van der Waals surface area contributed by atoms with Crippen LogP contribution in [0.5, 0.6) is 0 Å². The van der Waals surface area contributed by atoms with Gasteiger partial charge in [0.15, 0.2) is 0 Å². The molecule has 0 amide bonds. The molecule has 0 aliphatic rings. The van der Waals surface area contributed by atoms with Gasteiger partial charge in [-0.3, -0.25) is 0 Å². The normalized spacial score (nSPS) is 12.3. The van der Waals surface area contributed by atoms with Crippen LogP contribution < -0.4 is 4.72 Å². The summed E-state index contributed by atoms with van der Waals surface area (Å²) in [6, 6.07) is 9.47. The number of hydrogen-bond donors (Lipinski definition) is 1. The van der Waals surface area contributed by atoms with Gasteiger partial charge < -0.3 is 0 Å². The molecule has 1 heterocycles. The third kappa shape index (κ3) is 4.80. The summed E-state index contributed by atoms with van der Waals surface area (Å²) in [6.07, 6.45) is 0. The summed E-state index contributed by atoms with van der Waals surface area (Å²) < 4.78 is 56.8. The standard InChI is InChI=1S/C20H21Br2N3O4S2/c1-12-9-16(5-7-19(12)21)30(26,27)23-11-18-14(3)24-25(15(18)4)31(28,29)17-6-8-20(22)13(2)10-17/h5-10,23H,11H2,1-4H3. The Morgan fingerprint density at radius 1 is 0.871 bits per heavy atom. The van der Waals surface area contributed by atoms with Crippen molar-refractivity contribution in [1.82, 2.24) is 13.9 Å². The summed E-state index contributed by atoms with van der Waals surface area (Å²) in [5.41, 5.74) is 2.87. The Balaban J connectivity index is 1.92. The van der Waals surface area contributed by atoms with Gasteiger partial charge in [0.05, 0.1) is 21.2 Å². The van der Waals surface area contributed by atoms with Gasteiger partial charge in [0.25, 0.3) is 10.0 Å². The SMILES string of the molecule is Cc1cc(S(=O)(=O)NCc2c(C)nn(S(=O)(=O)c3ccc(Br)c(C)c3)c2C)ccc1Br. The van der Waals surface area contributed by atoms with Crippen molar-refractivity contribution in [3.63, 3.8) is 0 Å². The third-order valence-electron chi connectivity index (χ3n) is 4.93. The maximum atomic E-state index is 13.1. The van der Waals surface area contributed by atoms with E-state index in [1.54, 1.807) is 52.0 Å². The monoisotopic (exact) mass is 589 g/mol. The summed E-state index contributed by atoms with van der Waals surface area (Å²) in [6.45, 7) is 6.78. The largest absolute Gasteiger partial charge is 0.283 e.